The number of rotatable bonds is 2. The zero-order chi connectivity index (χ0) is 26.6. The van der Waals surface area contributed by atoms with Gasteiger partial charge in [-0.3, -0.25) is 0 Å². The van der Waals surface area contributed by atoms with E-state index in [9.17, 15) is 0 Å². The molecule has 1 N–H and O–H groups in total. The minimum absolute atomic E-state index is 0.221. The highest BCUT2D eigenvalue weighted by Crippen LogP contribution is 2.78. The van der Waals surface area contributed by atoms with Crippen molar-refractivity contribution in [3.05, 3.63) is 184 Å². The molecule has 0 fully saturated rings. The van der Waals surface area contributed by atoms with Crippen LogP contribution in [0.15, 0.2) is 162 Å². The van der Waals surface area contributed by atoms with E-state index in [4.69, 9.17) is 0 Å². The zero-order valence-corrected chi connectivity index (χ0v) is 23.9. The molecular weight excluding hydrogens is 520 g/mol. The third-order valence-electron chi connectivity index (χ3n) is 8.49. The van der Waals surface area contributed by atoms with Crippen molar-refractivity contribution in [2.75, 3.05) is 0 Å². The third-order valence-corrected chi connectivity index (χ3v) is 14.8. The minimum Gasteiger partial charge on any atom is -0.375 e. The molecule has 3 unspecified atom stereocenters. The summed E-state index contributed by atoms with van der Waals surface area (Å²) < 4.78 is 0. The van der Waals surface area contributed by atoms with Crippen LogP contribution in [-0.4, -0.2) is 11.8 Å². The topological polar surface area (TPSA) is 12.0 Å². The Bertz CT molecular complexity index is 1800. The Balaban J connectivity index is 0.000000366. The minimum atomic E-state index is -1.10. The molecule has 0 aromatic heterocycles. The van der Waals surface area contributed by atoms with Gasteiger partial charge >= 0.3 is 0 Å². The smallest absolute Gasteiger partial charge is 0.0723 e. The molecule has 0 saturated heterocycles. The maximum absolute atomic E-state index is 3.87. The monoisotopic (exact) mass is 549 g/mol. The summed E-state index contributed by atoms with van der Waals surface area (Å²) in [7, 11) is 0.873. The molecular formula is C37H29NP2. The number of fused-ring (bicyclic) bond motifs is 10. The first kappa shape index (κ1) is 24.0. The van der Waals surface area contributed by atoms with Crippen LogP contribution in [0, 0.1) is 0 Å². The number of hydrogen-bond donors (Lipinski definition) is 1. The molecule has 1 nitrogen and oxygen atoms in total. The first-order chi connectivity index (χ1) is 19.8. The fourth-order valence-corrected chi connectivity index (χ4v) is 12.5. The summed E-state index contributed by atoms with van der Waals surface area (Å²) in [6.07, 6.45) is 11.5. The first-order valence-corrected chi connectivity index (χ1v) is 17.7. The molecule has 192 valence electrons. The van der Waals surface area contributed by atoms with Crippen LogP contribution >= 0.6 is 14.8 Å². The van der Waals surface area contributed by atoms with Gasteiger partial charge in [0.1, 0.15) is 0 Å². The summed E-state index contributed by atoms with van der Waals surface area (Å²) in [6.45, 7) is -1.10. The molecule has 0 radical (unpaired) electrons. The van der Waals surface area contributed by atoms with Crippen molar-refractivity contribution in [3.8, 4) is 11.1 Å². The maximum atomic E-state index is 3.87. The Kier molecular flexibility index (Phi) is 5.60. The molecule has 0 bridgehead atoms. The molecule has 9 rings (SSSR count). The van der Waals surface area contributed by atoms with Crippen LogP contribution in [0.25, 0.3) is 16.7 Å². The molecule has 2 heterocycles. The van der Waals surface area contributed by atoms with Crippen LogP contribution in [0.4, 0.5) is 0 Å². The van der Waals surface area contributed by atoms with Gasteiger partial charge in [-0.1, -0.05) is 151 Å². The average Bonchev–Trinajstić information content (AvgIpc) is 3.64. The molecule has 0 saturated carbocycles. The van der Waals surface area contributed by atoms with Crippen LogP contribution in [0.3, 0.4) is 0 Å². The molecule has 0 amide bonds. The van der Waals surface area contributed by atoms with Crippen molar-refractivity contribution in [3.63, 3.8) is 0 Å². The summed E-state index contributed by atoms with van der Waals surface area (Å²) in [4.78, 5) is 0. The lowest BCUT2D eigenvalue weighted by Gasteiger charge is -2.33. The van der Waals surface area contributed by atoms with Gasteiger partial charge in [0.2, 0.25) is 0 Å². The fraction of sp³-hybridized carbons (Fsp3) is 0.0541. The molecule has 3 heteroatoms. The second-order valence-electron chi connectivity index (χ2n) is 10.7. The van der Waals surface area contributed by atoms with Crippen LogP contribution in [0.5, 0.6) is 0 Å². The first-order valence-electron chi connectivity index (χ1n) is 13.9. The lowest BCUT2D eigenvalue weighted by Crippen LogP contribution is -2.28. The highest BCUT2D eigenvalue weighted by molar-refractivity contribution is 8.37. The Morgan fingerprint density at radius 3 is 1.73 bits per heavy atom. The van der Waals surface area contributed by atoms with Gasteiger partial charge in [0.25, 0.3) is 0 Å². The van der Waals surface area contributed by atoms with E-state index in [1.165, 1.54) is 50.0 Å². The predicted molar refractivity (Wildman–Crippen MR) is 175 cm³/mol. The normalized spacial score (nSPS) is 23.5. The Morgan fingerprint density at radius 2 is 1.15 bits per heavy atom. The van der Waals surface area contributed by atoms with E-state index in [-0.39, 0.29) is 11.5 Å². The molecule has 40 heavy (non-hydrogen) atoms. The van der Waals surface area contributed by atoms with E-state index in [2.05, 4.69) is 126 Å². The van der Waals surface area contributed by atoms with Gasteiger partial charge in [0, 0.05) is 5.44 Å². The summed E-state index contributed by atoms with van der Waals surface area (Å²) in [6, 6.07) is 39.3. The van der Waals surface area contributed by atoms with Crippen molar-refractivity contribution in [1.29, 1.82) is 0 Å². The summed E-state index contributed by atoms with van der Waals surface area (Å²) in [5, 5.41) is 3.87. The molecule has 3 aliphatic carbocycles. The lowest BCUT2D eigenvalue weighted by molar-refractivity contribution is 0.775. The highest BCUT2D eigenvalue weighted by Gasteiger charge is 2.54. The Labute approximate surface area is 238 Å². The van der Waals surface area contributed by atoms with E-state index in [0.29, 0.717) is 0 Å². The van der Waals surface area contributed by atoms with E-state index >= 15 is 0 Å². The van der Waals surface area contributed by atoms with E-state index in [1.807, 2.05) is 36.4 Å². The average molecular weight is 550 g/mol. The molecule has 2 aliphatic heterocycles. The third kappa shape index (κ3) is 3.52. The SMILES string of the molecule is C1=CC=P2(C=C1)C=C(NC1C=C3C(=C1)C1(c4ccccc43)c3ccccc3-c3ccccc31)P2.c1ccccc1. The number of hydrogen-bond acceptors (Lipinski definition) is 1. The number of allylic oxidation sites excluding steroid dienone is 5. The van der Waals surface area contributed by atoms with Gasteiger partial charge in [-0.25, -0.2) is 0 Å². The molecule has 5 aliphatic rings. The highest BCUT2D eigenvalue weighted by atomic mass is 32.1. The van der Waals surface area contributed by atoms with Crippen molar-refractivity contribution >= 4 is 26.2 Å². The number of nitrogens with one attached hydrogen (secondary N) is 1. The Hall–Kier alpha value is -3.89. The number of benzene rings is 4. The van der Waals surface area contributed by atoms with Crippen molar-refractivity contribution in [1.82, 2.24) is 5.32 Å². The molecule has 4 aromatic rings. The van der Waals surface area contributed by atoms with Crippen LogP contribution in [0.2, 0.25) is 0 Å². The second-order valence-corrected chi connectivity index (χ2v) is 17.0. The van der Waals surface area contributed by atoms with Crippen molar-refractivity contribution in [2.24, 2.45) is 0 Å². The maximum Gasteiger partial charge on any atom is 0.0723 e. The van der Waals surface area contributed by atoms with Gasteiger partial charge in [-0.05, 0) is 65.2 Å². The second kappa shape index (κ2) is 9.35. The van der Waals surface area contributed by atoms with Gasteiger partial charge in [-0.15, -0.1) is 0 Å². The van der Waals surface area contributed by atoms with Crippen molar-refractivity contribution in [2.45, 2.75) is 11.5 Å². The summed E-state index contributed by atoms with van der Waals surface area (Å²) >= 11 is 0. The Morgan fingerprint density at radius 1 is 0.600 bits per heavy atom. The van der Waals surface area contributed by atoms with Crippen LogP contribution in [0.1, 0.15) is 22.3 Å². The zero-order valence-electron chi connectivity index (χ0n) is 22.0. The van der Waals surface area contributed by atoms with E-state index < -0.39 is 6.57 Å². The van der Waals surface area contributed by atoms with Crippen LogP contribution in [-0.2, 0) is 5.41 Å². The molecule has 2 spiro atoms. The summed E-state index contributed by atoms with van der Waals surface area (Å²) in [5.74, 6) is 7.35. The largest absolute Gasteiger partial charge is 0.375 e. The predicted octanol–water partition coefficient (Wildman–Crippen LogP) is 9.29. The quantitative estimate of drug-likeness (QED) is 0.246. The van der Waals surface area contributed by atoms with Crippen molar-refractivity contribution < 1.29 is 0 Å². The molecule has 4 aromatic carbocycles. The fourth-order valence-electron chi connectivity index (χ4n) is 6.95. The van der Waals surface area contributed by atoms with Gasteiger partial charge in [0.05, 0.1) is 11.5 Å². The van der Waals surface area contributed by atoms with E-state index in [0.717, 1.165) is 8.27 Å². The molecule has 3 atom stereocenters. The van der Waals surface area contributed by atoms with Crippen LogP contribution < -0.4 is 5.32 Å². The standard InChI is InChI=1S/C31H23NP2.C6H6/c1-8-16-34(17-9-1)20-30(33-34)32-21-18-25-24-12-4-7-15-28(24)31(29(25)19-21)26-13-5-2-10-22(26)23-11-3-6-14-27(23)31;1-2-4-6-5-3-1/h1-21,32-33H;1-6H. The van der Waals surface area contributed by atoms with Gasteiger partial charge < -0.3 is 5.32 Å². The van der Waals surface area contributed by atoms with Gasteiger partial charge in [0.15, 0.2) is 0 Å². The van der Waals surface area contributed by atoms with Gasteiger partial charge in [-0.2, -0.15) is 0 Å². The lowest BCUT2D eigenvalue weighted by atomic mass is 9.70. The summed E-state index contributed by atoms with van der Waals surface area (Å²) in [5.41, 5.74) is 12.4. The van der Waals surface area contributed by atoms with E-state index in [1.54, 1.807) is 0 Å².